The number of carbonyl (C=O) groups excluding carboxylic acids is 1. The summed E-state index contributed by atoms with van der Waals surface area (Å²) in [6, 6.07) is 16.7. The molecule has 3 rings (SSSR count). The second-order valence-corrected chi connectivity index (χ2v) is 6.18. The monoisotopic (exact) mass is 355 g/mol. The molecule has 2 aromatic carbocycles. The van der Waals surface area contributed by atoms with E-state index in [1.165, 1.54) is 11.3 Å². The minimum absolute atomic E-state index is 0.286. The van der Waals surface area contributed by atoms with Gasteiger partial charge in [-0.3, -0.25) is 10.1 Å². The zero-order valence-electron chi connectivity index (χ0n) is 13.8. The molecular weight excluding hydrogens is 338 g/mol. The molecule has 128 valence electrons. The summed E-state index contributed by atoms with van der Waals surface area (Å²) in [6.07, 6.45) is -0.669. The van der Waals surface area contributed by atoms with Gasteiger partial charge in [0.1, 0.15) is 16.5 Å². The van der Waals surface area contributed by atoms with Crippen molar-refractivity contribution in [2.45, 2.75) is 13.0 Å². The van der Waals surface area contributed by atoms with Crippen molar-refractivity contribution in [2.75, 3.05) is 12.4 Å². The van der Waals surface area contributed by atoms with Gasteiger partial charge in [0.15, 0.2) is 6.10 Å². The summed E-state index contributed by atoms with van der Waals surface area (Å²) < 4.78 is 10.7. The van der Waals surface area contributed by atoms with Crippen LogP contribution in [0.5, 0.6) is 11.5 Å². The molecule has 1 aromatic heterocycles. The molecule has 0 saturated heterocycles. The maximum atomic E-state index is 12.3. The molecule has 0 radical (unpaired) electrons. The number of aromatic nitrogens is 2. The average molecular weight is 355 g/mol. The number of ether oxygens (including phenoxy) is 2. The van der Waals surface area contributed by atoms with Gasteiger partial charge >= 0.3 is 0 Å². The Labute approximate surface area is 149 Å². The van der Waals surface area contributed by atoms with Gasteiger partial charge in [0, 0.05) is 5.56 Å². The molecule has 3 aromatic rings. The second kappa shape index (κ2) is 7.76. The van der Waals surface area contributed by atoms with Gasteiger partial charge in [0.25, 0.3) is 5.91 Å². The van der Waals surface area contributed by atoms with Crippen LogP contribution in [0.15, 0.2) is 54.6 Å². The van der Waals surface area contributed by atoms with Crippen LogP contribution in [0, 0.1) is 0 Å². The van der Waals surface area contributed by atoms with E-state index in [0.29, 0.717) is 10.9 Å². The Morgan fingerprint density at radius 3 is 2.40 bits per heavy atom. The van der Waals surface area contributed by atoms with Crippen molar-refractivity contribution < 1.29 is 14.3 Å². The summed E-state index contributed by atoms with van der Waals surface area (Å²) in [7, 11) is 1.59. The highest BCUT2D eigenvalue weighted by molar-refractivity contribution is 7.18. The van der Waals surface area contributed by atoms with Crippen LogP contribution in [0.2, 0.25) is 0 Å². The Bertz CT molecular complexity index is 834. The van der Waals surface area contributed by atoms with Gasteiger partial charge in [-0.25, -0.2) is 0 Å². The molecule has 0 unspecified atom stereocenters. The number of benzene rings is 2. The number of hydrogen-bond donors (Lipinski definition) is 1. The molecule has 0 fully saturated rings. The quantitative estimate of drug-likeness (QED) is 0.731. The van der Waals surface area contributed by atoms with Gasteiger partial charge in [-0.2, -0.15) is 0 Å². The van der Waals surface area contributed by atoms with Gasteiger partial charge in [-0.15, -0.1) is 10.2 Å². The van der Waals surface area contributed by atoms with Crippen LogP contribution < -0.4 is 14.8 Å². The highest BCUT2D eigenvalue weighted by atomic mass is 32.1. The fourth-order valence-electron chi connectivity index (χ4n) is 2.09. The lowest BCUT2D eigenvalue weighted by molar-refractivity contribution is -0.122. The Hall–Kier alpha value is -2.93. The van der Waals surface area contributed by atoms with Crippen molar-refractivity contribution in [3.8, 4) is 22.1 Å². The molecule has 1 atom stereocenters. The number of anilines is 1. The van der Waals surface area contributed by atoms with Crippen LogP contribution in [0.1, 0.15) is 6.92 Å². The van der Waals surface area contributed by atoms with Gasteiger partial charge in [0.05, 0.1) is 7.11 Å². The Kier molecular flexibility index (Phi) is 5.25. The summed E-state index contributed by atoms with van der Waals surface area (Å²) in [5, 5.41) is 12.0. The third-order valence-electron chi connectivity index (χ3n) is 3.42. The van der Waals surface area contributed by atoms with E-state index in [4.69, 9.17) is 9.47 Å². The van der Waals surface area contributed by atoms with Crippen molar-refractivity contribution >= 4 is 22.4 Å². The number of nitrogens with one attached hydrogen (secondary N) is 1. The van der Waals surface area contributed by atoms with Crippen molar-refractivity contribution in [2.24, 2.45) is 0 Å². The molecule has 0 aliphatic carbocycles. The average Bonchev–Trinajstić information content (AvgIpc) is 3.11. The predicted octanol–water partition coefficient (Wildman–Crippen LogP) is 3.62. The number of carbonyl (C=O) groups is 1. The number of methoxy groups -OCH3 is 1. The van der Waals surface area contributed by atoms with Crippen molar-refractivity contribution in [1.82, 2.24) is 10.2 Å². The van der Waals surface area contributed by atoms with Gasteiger partial charge in [-0.1, -0.05) is 41.7 Å². The minimum Gasteiger partial charge on any atom is -0.497 e. The summed E-state index contributed by atoms with van der Waals surface area (Å²) in [6.45, 7) is 1.68. The first kappa shape index (κ1) is 16.9. The Balaban J connectivity index is 1.60. The SMILES string of the molecule is COc1ccc(O[C@H](C)C(=O)Nc2nnc(-c3ccccc3)s2)cc1. The van der Waals surface area contributed by atoms with Crippen LogP contribution >= 0.6 is 11.3 Å². The molecule has 7 heteroatoms. The van der Waals surface area contributed by atoms with Crippen molar-refractivity contribution in [1.29, 1.82) is 0 Å². The summed E-state index contributed by atoms with van der Waals surface area (Å²) >= 11 is 1.32. The number of rotatable bonds is 6. The molecular formula is C18H17N3O3S. The van der Waals surface area contributed by atoms with E-state index in [2.05, 4.69) is 15.5 Å². The molecule has 0 spiro atoms. The fourth-order valence-corrected chi connectivity index (χ4v) is 2.84. The lowest BCUT2D eigenvalue weighted by Gasteiger charge is -2.13. The van der Waals surface area contributed by atoms with Gasteiger partial charge < -0.3 is 9.47 Å². The summed E-state index contributed by atoms with van der Waals surface area (Å²) in [4.78, 5) is 12.3. The zero-order valence-corrected chi connectivity index (χ0v) is 14.6. The van der Waals surface area contributed by atoms with Gasteiger partial charge in [0.2, 0.25) is 5.13 Å². The fraction of sp³-hybridized carbons (Fsp3) is 0.167. The molecule has 25 heavy (non-hydrogen) atoms. The van der Waals surface area contributed by atoms with E-state index >= 15 is 0 Å². The minimum atomic E-state index is -0.669. The lowest BCUT2D eigenvalue weighted by Crippen LogP contribution is -2.30. The van der Waals surface area contributed by atoms with E-state index in [9.17, 15) is 4.79 Å². The molecule has 0 aliphatic rings. The zero-order chi connectivity index (χ0) is 17.6. The van der Waals surface area contributed by atoms with Crippen molar-refractivity contribution in [3.05, 3.63) is 54.6 Å². The van der Waals surface area contributed by atoms with E-state index < -0.39 is 6.10 Å². The summed E-state index contributed by atoms with van der Waals surface area (Å²) in [5.74, 6) is 1.03. The molecule has 1 heterocycles. The first-order valence-electron chi connectivity index (χ1n) is 7.66. The highest BCUT2D eigenvalue weighted by Crippen LogP contribution is 2.26. The first-order chi connectivity index (χ1) is 12.2. The molecule has 6 nitrogen and oxygen atoms in total. The molecule has 1 amide bonds. The van der Waals surface area contributed by atoms with E-state index in [0.717, 1.165) is 16.3 Å². The standard InChI is InChI=1S/C18H17N3O3S/c1-12(24-15-10-8-14(23-2)9-11-15)16(22)19-18-21-20-17(25-18)13-6-4-3-5-7-13/h3-12H,1-2H3,(H,19,21,22)/t12-/m1/s1. The Morgan fingerprint density at radius 1 is 1.04 bits per heavy atom. The van der Waals surface area contributed by atoms with Crippen molar-refractivity contribution in [3.63, 3.8) is 0 Å². The largest absolute Gasteiger partial charge is 0.497 e. The highest BCUT2D eigenvalue weighted by Gasteiger charge is 2.17. The van der Waals surface area contributed by atoms with E-state index in [1.54, 1.807) is 38.3 Å². The first-order valence-corrected chi connectivity index (χ1v) is 8.48. The molecule has 0 saturated carbocycles. The number of nitrogens with zero attached hydrogens (tertiary/aromatic N) is 2. The molecule has 0 aliphatic heterocycles. The third kappa shape index (κ3) is 4.33. The molecule has 1 N–H and O–H groups in total. The van der Waals surface area contributed by atoms with Crippen LogP contribution in [-0.2, 0) is 4.79 Å². The predicted molar refractivity (Wildman–Crippen MR) is 97.1 cm³/mol. The topological polar surface area (TPSA) is 73.3 Å². The van der Waals surface area contributed by atoms with Gasteiger partial charge in [-0.05, 0) is 31.2 Å². The smallest absolute Gasteiger partial charge is 0.266 e. The molecule has 0 bridgehead atoms. The van der Waals surface area contributed by atoms with E-state index in [1.807, 2.05) is 30.3 Å². The maximum Gasteiger partial charge on any atom is 0.266 e. The lowest BCUT2D eigenvalue weighted by atomic mass is 10.2. The summed E-state index contributed by atoms with van der Waals surface area (Å²) in [5.41, 5.74) is 0.961. The van der Waals surface area contributed by atoms with E-state index in [-0.39, 0.29) is 5.91 Å². The van der Waals surface area contributed by atoms with Crippen LogP contribution in [-0.4, -0.2) is 29.3 Å². The van der Waals surface area contributed by atoms with Crippen LogP contribution in [0.4, 0.5) is 5.13 Å². The van der Waals surface area contributed by atoms with Crippen LogP contribution in [0.3, 0.4) is 0 Å². The van der Waals surface area contributed by atoms with Crippen LogP contribution in [0.25, 0.3) is 10.6 Å². The normalized spacial score (nSPS) is 11.6. The maximum absolute atomic E-state index is 12.3. The Morgan fingerprint density at radius 2 is 1.72 bits per heavy atom. The third-order valence-corrected chi connectivity index (χ3v) is 4.31. The number of amides is 1. The second-order valence-electron chi connectivity index (χ2n) is 5.20. The number of hydrogen-bond acceptors (Lipinski definition) is 6.